The van der Waals surface area contributed by atoms with Crippen molar-refractivity contribution in [3.8, 4) is 0 Å². The van der Waals surface area contributed by atoms with E-state index in [1.807, 2.05) is 0 Å². The van der Waals surface area contributed by atoms with Crippen molar-refractivity contribution in [3.05, 3.63) is 58.9 Å². The van der Waals surface area contributed by atoms with Gasteiger partial charge in [0.05, 0.1) is 12.2 Å². The van der Waals surface area contributed by atoms with E-state index in [4.69, 9.17) is 0 Å². The van der Waals surface area contributed by atoms with E-state index in [9.17, 15) is 18.0 Å². The first kappa shape index (κ1) is 18.4. The molecule has 9 heteroatoms. The van der Waals surface area contributed by atoms with Crippen LogP contribution in [0.25, 0.3) is 5.78 Å². The van der Waals surface area contributed by atoms with E-state index in [1.54, 1.807) is 13.0 Å². The molecule has 0 bridgehead atoms. The van der Waals surface area contributed by atoms with Gasteiger partial charge in [0.15, 0.2) is 0 Å². The summed E-state index contributed by atoms with van der Waals surface area (Å²) < 4.78 is 44.0. The fourth-order valence-corrected chi connectivity index (χ4v) is 3.66. The zero-order valence-electron chi connectivity index (χ0n) is 15.4. The summed E-state index contributed by atoms with van der Waals surface area (Å²) in [6.45, 7) is 2.71. The highest BCUT2D eigenvalue weighted by atomic mass is 19.3. The molecule has 3 heterocycles. The van der Waals surface area contributed by atoms with Gasteiger partial charge in [-0.3, -0.25) is 4.79 Å². The number of rotatable bonds is 2. The van der Waals surface area contributed by atoms with Crippen LogP contribution >= 0.6 is 0 Å². The Hall–Kier alpha value is -2.97. The highest BCUT2D eigenvalue weighted by Gasteiger charge is 2.43. The summed E-state index contributed by atoms with van der Waals surface area (Å²) in [5, 5.41) is 4.09. The third kappa shape index (κ3) is 3.32. The van der Waals surface area contributed by atoms with E-state index in [1.165, 1.54) is 36.0 Å². The summed E-state index contributed by atoms with van der Waals surface area (Å²) in [5.41, 5.74) is 1.65. The lowest BCUT2D eigenvalue weighted by Gasteiger charge is -2.37. The Morgan fingerprint density at radius 3 is 2.79 bits per heavy atom. The minimum atomic E-state index is -3.06. The molecule has 0 spiro atoms. The van der Waals surface area contributed by atoms with Crippen LogP contribution in [0.1, 0.15) is 39.6 Å². The third-order valence-corrected chi connectivity index (χ3v) is 4.93. The standard InChI is InChI=1S/C19H18F3N5O/c1-11-5-13(3-4-15(11)20)17(28)26-8-14(7-19(21,22)9-26)16-6-12(2)25-18-23-10-24-27(16)18/h3-6,10,14H,7-9H2,1-2H3. The summed E-state index contributed by atoms with van der Waals surface area (Å²) in [6, 6.07) is 5.57. The second kappa shape index (κ2) is 6.57. The van der Waals surface area contributed by atoms with E-state index >= 15 is 0 Å². The molecule has 2 aromatic heterocycles. The van der Waals surface area contributed by atoms with Crippen LogP contribution in [0.2, 0.25) is 0 Å². The second-order valence-corrected chi connectivity index (χ2v) is 7.20. The van der Waals surface area contributed by atoms with Crippen molar-refractivity contribution in [2.24, 2.45) is 0 Å². The molecule has 1 atom stereocenters. The summed E-state index contributed by atoms with van der Waals surface area (Å²) >= 11 is 0. The maximum atomic E-state index is 14.5. The Balaban J connectivity index is 1.69. The molecule has 1 saturated heterocycles. The van der Waals surface area contributed by atoms with Gasteiger partial charge in [-0.2, -0.15) is 10.1 Å². The average molecular weight is 389 g/mol. The van der Waals surface area contributed by atoms with Gasteiger partial charge in [-0.25, -0.2) is 22.7 Å². The molecular formula is C19H18F3N5O. The zero-order chi connectivity index (χ0) is 20.1. The van der Waals surface area contributed by atoms with Crippen LogP contribution in [0.5, 0.6) is 0 Å². The number of carbonyl (C=O) groups excluding carboxylic acids is 1. The average Bonchev–Trinajstić information content (AvgIpc) is 3.09. The molecule has 1 aliphatic rings. The predicted octanol–water partition coefficient (Wildman–Crippen LogP) is 3.15. The molecule has 1 aromatic carbocycles. The second-order valence-electron chi connectivity index (χ2n) is 7.20. The van der Waals surface area contributed by atoms with Crippen molar-refractivity contribution < 1.29 is 18.0 Å². The minimum Gasteiger partial charge on any atom is -0.332 e. The van der Waals surface area contributed by atoms with Crippen LogP contribution in [-0.2, 0) is 0 Å². The molecule has 146 valence electrons. The molecule has 4 rings (SSSR count). The fraction of sp³-hybridized carbons (Fsp3) is 0.368. The highest BCUT2D eigenvalue weighted by Crippen LogP contribution is 2.36. The number of aryl methyl sites for hydroxylation is 2. The molecule has 0 N–H and O–H groups in total. The van der Waals surface area contributed by atoms with Crippen molar-refractivity contribution in [1.29, 1.82) is 0 Å². The molecule has 3 aromatic rings. The predicted molar refractivity (Wildman–Crippen MR) is 94.9 cm³/mol. The number of nitrogens with zero attached hydrogens (tertiary/aromatic N) is 5. The number of carbonyl (C=O) groups is 1. The Morgan fingerprint density at radius 2 is 2.04 bits per heavy atom. The van der Waals surface area contributed by atoms with Gasteiger partial charge in [-0.05, 0) is 43.7 Å². The lowest BCUT2D eigenvalue weighted by atomic mass is 9.91. The van der Waals surface area contributed by atoms with Crippen molar-refractivity contribution in [2.45, 2.75) is 32.1 Å². The van der Waals surface area contributed by atoms with Gasteiger partial charge in [0, 0.05) is 30.1 Å². The molecule has 6 nitrogen and oxygen atoms in total. The van der Waals surface area contributed by atoms with Crippen LogP contribution < -0.4 is 0 Å². The molecule has 0 saturated carbocycles. The number of aromatic nitrogens is 4. The molecule has 1 amide bonds. The maximum absolute atomic E-state index is 14.5. The van der Waals surface area contributed by atoms with E-state index in [2.05, 4.69) is 15.1 Å². The molecule has 1 aliphatic heterocycles. The van der Waals surface area contributed by atoms with E-state index in [-0.39, 0.29) is 12.1 Å². The number of hydrogen-bond donors (Lipinski definition) is 0. The van der Waals surface area contributed by atoms with Crippen LogP contribution in [0, 0.1) is 19.7 Å². The topological polar surface area (TPSA) is 63.4 Å². The monoisotopic (exact) mass is 389 g/mol. The van der Waals surface area contributed by atoms with Gasteiger partial charge < -0.3 is 4.90 Å². The minimum absolute atomic E-state index is 0.100. The van der Waals surface area contributed by atoms with E-state index in [0.717, 1.165) is 4.90 Å². The summed E-state index contributed by atoms with van der Waals surface area (Å²) in [4.78, 5) is 22.2. The molecule has 28 heavy (non-hydrogen) atoms. The zero-order valence-corrected chi connectivity index (χ0v) is 15.4. The van der Waals surface area contributed by atoms with Crippen LogP contribution in [0.4, 0.5) is 13.2 Å². The Morgan fingerprint density at radius 1 is 1.25 bits per heavy atom. The first-order chi connectivity index (χ1) is 13.2. The summed E-state index contributed by atoms with van der Waals surface area (Å²) in [5.74, 6) is -4.36. The number of benzene rings is 1. The number of alkyl halides is 2. The van der Waals surface area contributed by atoms with Gasteiger partial charge in [0.2, 0.25) is 0 Å². The summed E-state index contributed by atoms with van der Waals surface area (Å²) in [6.07, 6.45) is 0.911. The van der Waals surface area contributed by atoms with Crippen LogP contribution in [0.15, 0.2) is 30.6 Å². The molecule has 0 radical (unpaired) electrons. The number of piperidine rings is 1. The quantitative estimate of drug-likeness (QED) is 0.676. The smallest absolute Gasteiger partial charge is 0.266 e. The number of halogens is 3. The number of likely N-dealkylation sites (tertiary alicyclic amines) is 1. The first-order valence-electron chi connectivity index (χ1n) is 8.84. The van der Waals surface area contributed by atoms with Crippen molar-refractivity contribution >= 4 is 11.7 Å². The van der Waals surface area contributed by atoms with Gasteiger partial charge in [0.25, 0.3) is 17.6 Å². The Labute approximate surface area is 159 Å². The van der Waals surface area contributed by atoms with E-state index < -0.39 is 36.5 Å². The Bertz CT molecular complexity index is 1060. The van der Waals surface area contributed by atoms with Gasteiger partial charge in [-0.15, -0.1) is 0 Å². The third-order valence-electron chi connectivity index (χ3n) is 4.93. The normalized spacial score (nSPS) is 19.2. The number of hydrogen-bond acceptors (Lipinski definition) is 4. The highest BCUT2D eigenvalue weighted by molar-refractivity contribution is 5.94. The fourth-order valence-electron chi connectivity index (χ4n) is 3.66. The molecule has 1 unspecified atom stereocenters. The molecule has 1 fully saturated rings. The Kier molecular flexibility index (Phi) is 4.32. The number of amides is 1. The largest absolute Gasteiger partial charge is 0.332 e. The molecular weight excluding hydrogens is 371 g/mol. The first-order valence-corrected chi connectivity index (χ1v) is 8.84. The SMILES string of the molecule is Cc1cc(C2CN(C(=O)c3ccc(F)c(C)c3)CC(F)(F)C2)n2ncnc2n1. The van der Waals surface area contributed by atoms with Crippen LogP contribution in [0.3, 0.4) is 0 Å². The maximum Gasteiger partial charge on any atom is 0.266 e. The number of fused-ring (bicyclic) bond motifs is 1. The lowest BCUT2D eigenvalue weighted by molar-refractivity contribution is -0.0641. The van der Waals surface area contributed by atoms with Crippen molar-refractivity contribution in [1.82, 2.24) is 24.5 Å². The van der Waals surface area contributed by atoms with Gasteiger partial charge in [0.1, 0.15) is 12.1 Å². The summed E-state index contributed by atoms with van der Waals surface area (Å²) in [7, 11) is 0. The van der Waals surface area contributed by atoms with Gasteiger partial charge in [-0.1, -0.05) is 0 Å². The van der Waals surface area contributed by atoms with Crippen LogP contribution in [-0.4, -0.2) is 49.4 Å². The lowest BCUT2D eigenvalue weighted by Crippen LogP contribution is -2.49. The van der Waals surface area contributed by atoms with Gasteiger partial charge >= 0.3 is 0 Å². The van der Waals surface area contributed by atoms with Crippen molar-refractivity contribution in [3.63, 3.8) is 0 Å². The molecule has 0 aliphatic carbocycles. The van der Waals surface area contributed by atoms with Crippen molar-refractivity contribution in [2.75, 3.05) is 13.1 Å². The van der Waals surface area contributed by atoms with E-state index in [0.29, 0.717) is 22.7 Å².